The SMILES string of the molecule is COc1ccc2cc([C@@H](C)C(=O)NCc3nc(-c4ccccc4)cs3)ccc2c1. The van der Waals surface area contributed by atoms with Gasteiger partial charge in [-0.15, -0.1) is 11.3 Å². The summed E-state index contributed by atoms with van der Waals surface area (Å²) in [6, 6.07) is 22.1. The first-order chi connectivity index (χ1) is 14.1. The molecule has 1 atom stereocenters. The van der Waals surface area contributed by atoms with Crippen molar-refractivity contribution in [1.82, 2.24) is 10.3 Å². The van der Waals surface area contributed by atoms with Gasteiger partial charge in [0.05, 0.1) is 25.3 Å². The lowest BCUT2D eigenvalue weighted by Gasteiger charge is -2.13. The molecule has 1 N–H and O–H groups in total. The average molecular weight is 403 g/mol. The maximum Gasteiger partial charge on any atom is 0.227 e. The second-order valence-electron chi connectivity index (χ2n) is 6.90. The van der Waals surface area contributed by atoms with Gasteiger partial charge in [-0.2, -0.15) is 0 Å². The summed E-state index contributed by atoms with van der Waals surface area (Å²) in [6.45, 7) is 2.36. The summed E-state index contributed by atoms with van der Waals surface area (Å²) in [4.78, 5) is 17.3. The fraction of sp³-hybridized carbons (Fsp3) is 0.167. The lowest BCUT2D eigenvalue weighted by Crippen LogP contribution is -2.27. The Morgan fingerprint density at radius 2 is 1.83 bits per heavy atom. The molecule has 4 rings (SSSR count). The van der Waals surface area contributed by atoms with Crippen molar-refractivity contribution in [2.24, 2.45) is 0 Å². The fourth-order valence-electron chi connectivity index (χ4n) is 3.24. The lowest BCUT2D eigenvalue weighted by molar-refractivity contribution is -0.122. The van der Waals surface area contributed by atoms with Crippen molar-refractivity contribution in [3.8, 4) is 17.0 Å². The van der Waals surface area contributed by atoms with Crippen molar-refractivity contribution in [2.45, 2.75) is 19.4 Å². The van der Waals surface area contributed by atoms with Gasteiger partial charge < -0.3 is 10.1 Å². The van der Waals surface area contributed by atoms with E-state index in [1.165, 1.54) is 0 Å². The summed E-state index contributed by atoms with van der Waals surface area (Å²) in [5, 5.41) is 8.13. The molecule has 0 unspecified atom stereocenters. The number of nitrogens with one attached hydrogen (secondary N) is 1. The van der Waals surface area contributed by atoms with Crippen LogP contribution in [0.5, 0.6) is 5.75 Å². The molecule has 0 spiro atoms. The minimum Gasteiger partial charge on any atom is -0.497 e. The van der Waals surface area contributed by atoms with Crippen LogP contribution in [0.4, 0.5) is 0 Å². The smallest absolute Gasteiger partial charge is 0.227 e. The van der Waals surface area contributed by atoms with E-state index in [9.17, 15) is 4.79 Å². The van der Waals surface area contributed by atoms with Crippen molar-refractivity contribution in [3.63, 3.8) is 0 Å². The number of hydrogen-bond donors (Lipinski definition) is 1. The van der Waals surface area contributed by atoms with E-state index in [0.29, 0.717) is 6.54 Å². The van der Waals surface area contributed by atoms with Crippen LogP contribution in [0.1, 0.15) is 23.4 Å². The number of nitrogens with zero attached hydrogens (tertiary/aromatic N) is 1. The number of methoxy groups -OCH3 is 1. The molecule has 0 saturated carbocycles. The molecule has 0 fully saturated rings. The van der Waals surface area contributed by atoms with Crippen LogP contribution < -0.4 is 10.1 Å². The van der Waals surface area contributed by atoms with Crippen molar-refractivity contribution in [3.05, 3.63) is 82.7 Å². The number of benzene rings is 3. The van der Waals surface area contributed by atoms with Gasteiger partial charge in [-0.1, -0.05) is 54.6 Å². The Bertz CT molecular complexity index is 1140. The molecule has 1 heterocycles. The number of carbonyl (C=O) groups is 1. The van der Waals surface area contributed by atoms with Gasteiger partial charge >= 0.3 is 0 Å². The molecule has 0 aliphatic rings. The zero-order valence-corrected chi connectivity index (χ0v) is 17.2. The molecule has 4 nitrogen and oxygen atoms in total. The highest BCUT2D eigenvalue weighted by Gasteiger charge is 2.16. The van der Waals surface area contributed by atoms with E-state index >= 15 is 0 Å². The van der Waals surface area contributed by atoms with E-state index < -0.39 is 0 Å². The van der Waals surface area contributed by atoms with Crippen molar-refractivity contribution < 1.29 is 9.53 Å². The molecule has 0 bridgehead atoms. The molecule has 0 aliphatic carbocycles. The second kappa shape index (κ2) is 8.45. The van der Waals surface area contributed by atoms with Crippen LogP contribution in [-0.2, 0) is 11.3 Å². The summed E-state index contributed by atoms with van der Waals surface area (Å²) in [5.41, 5.74) is 3.02. The van der Waals surface area contributed by atoms with E-state index in [-0.39, 0.29) is 11.8 Å². The molecule has 146 valence electrons. The zero-order valence-electron chi connectivity index (χ0n) is 16.4. The molecule has 29 heavy (non-hydrogen) atoms. The van der Waals surface area contributed by atoms with E-state index in [1.807, 2.05) is 73.0 Å². The number of rotatable bonds is 6. The summed E-state index contributed by atoms with van der Waals surface area (Å²) in [6.07, 6.45) is 0. The van der Waals surface area contributed by atoms with Gasteiger partial charge in [-0.05, 0) is 35.4 Å². The maximum absolute atomic E-state index is 12.7. The number of ether oxygens (including phenoxy) is 1. The Hall–Kier alpha value is -3.18. The number of fused-ring (bicyclic) bond motifs is 1. The van der Waals surface area contributed by atoms with Crippen molar-refractivity contribution in [1.29, 1.82) is 0 Å². The van der Waals surface area contributed by atoms with Crippen LogP contribution in [0.2, 0.25) is 0 Å². The highest BCUT2D eigenvalue weighted by atomic mass is 32.1. The Morgan fingerprint density at radius 3 is 2.62 bits per heavy atom. The normalized spacial score (nSPS) is 11.9. The summed E-state index contributed by atoms with van der Waals surface area (Å²) >= 11 is 1.56. The number of aromatic nitrogens is 1. The summed E-state index contributed by atoms with van der Waals surface area (Å²) in [7, 11) is 1.66. The minimum absolute atomic E-state index is 0.00526. The van der Waals surface area contributed by atoms with Gasteiger partial charge in [-0.25, -0.2) is 4.98 Å². The monoisotopic (exact) mass is 402 g/mol. The molecule has 0 aliphatic heterocycles. The quantitative estimate of drug-likeness (QED) is 0.470. The fourth-order valence-corrected chi connectivity index (χ4v) is 3.98. The first-order valence-corrected chi connectivity index (χ1v) is 10.4. The van der Waals surface area contributed by atoms with Crippen LogP contribution in [0.15, 0.2) is 72.1 Å². The Kier molecular flexibility index (Phi) is 5.58. The third-order valence-electron chi connectivity index (χ3n) is 5.00. The molecular weight excluding hydrogens is 380 g/mol. The van der Waals surface area contributed by atoms with Crippen LogP contribution in [0.3, 0.4) is 0 Å². The van der Waals surface area contributed by atoms with E-state index in [2.05, 4.69) is 16.4 Å². The van der Waals surface area contributed by atoms with Crippen LogP contribution in [-0.4, -0.2) is 18.0 Å². The predicted molar refractivity (Wildman–Crippen MR) is 118 cm³/mol. The van der Waals surface area contributed by atoms with E-state index in [1.54, 1.807) is 18.4 Å². The highest BCUT2D eigenvalue weighted by Crippen LogP contribution is 2.26. The minimum atomic E-state index is -0.241. The summed E-state index contributed by atoms with van der Waals surface area (Å²) < 4.78 is 5.27. The van der Waals surface area contributed by atoms with Crippen molar-refractivity contribution in [2.75, 3.05) is 7.11 Å². The first-order valence-electron chi connectivity index (χ1n) is 9.49. The number of amides is 1. The van der Waals surface area contributed by atoms with Crippen LogP contribution in [0, 0.1) is 0 Å². The third kappa shape index (κ3) is 4.30. The van der Waals surface area contributed by atoms with Gasteiger partial charge in [-0.3, -0.25) is 4.79 Å². The largest absolute Gasteiger partial charge is 0.497 e. The molecular formula is C24H22N2O2S. The van der Waals surface area contributed by atoms with Gasteiger partial charge in [0, 0.05) is 10.9 Å². The van der Waals surface area contributed by atoms with Crippen molar-refractivity contribution >= 4 is 28.0 Å². The molecule has 0 saturated heterocycles. The average Bonchev–Trinajstić information content (AvgIpc) is 3.26. The molecule has 1 amide bonds. The molecule has 3 aromatic carbocycles. The number of thiazole rings is 1. The molecule has 0 radical (unpaired) electrons. The Labute approximate surface area is 174 Å². The molecule has 5 heteroatoms. The van der Waals surface area contributed by atoms with Crippen LogP contribution in [0.25, 0.3) is 22.0 Å². The Morgan fingerprint density at radius 1 is 1.07 bits per heavy atom. The van der Waals surface area contributed by atoms with Gasteiger partial charge in [0.2, 0.25) is 5.91 Å². The third-order valence-corrected chi connectivity index (χ3v) is 5.85. The maximum atomic E-state index is 12.7. The van der Waals surface area contributed by atoms with E-state index in [0.717, 1.165) is 38.4 Å². The first kappa shape index (κ1) is 19.2. The van der Waals surface area contributed by atoms with Gasteiger partial charge in [0.25, 0.3) is 0 Å². The zero-order chi connectivity index (χ0) is 20.2. The number of hydrogen-bond acceptors (Lipinski definition) is 4. The summed E-state index contributed by atoms with van der Waals surface area (Å²) in [5.74, 6) is 0.582. The van der Waals surface area contributed by atoms with Crippen LogP contribution >= 0.6 is 11.3 Å². The predicted octanol–water partition coefficient (Wildman–Crippen LogP) is 5.39. The second-order valence-corrected chi connectivity index (χ2v) is 7.85. The van der Waals surface area contributed by atoms with Gasteiger partial charge in [0.15, 0.2) is 0 Å². The van der Waals surface area contributed by atoms with E-state index in [4.69, 9.17) is 4.74 Å². The topological polar surface area (TPSA) is 51.2 Å². The highest BCUT2D eigenvalue weighted by molar-refractivity contribution is 7.09. The lowest BCUT2D eigenvalue weighted by atomic mass is 9.97. The number of carbonyl (C=O) groups excluding carboxylic acids is 1. The molecule has 1 aromatic heterocycles. The standard InChI is InChI=1S/C24H22N2O2S/c1-16(18-8-9-20-13-21(28-2)11-10-19(20)12-18)24(27)25-14-23-26-22(15-29-23)17-6-4-3-5-7-17/h3-13,15-16H,14H2,1-2H3,(H,25,27)/t16-/m1/s1. The Balaban J connectivity index is 1.42. The van der Waals surface area contributed by atoms with Gasteiger partial charge in [0.1, 0.15) is 10.8 Å². The molecule has 4 aromatic rings.